The van der Waals surface area contributed by atoms with Crippen molar-refractivity contribution in [2.75, 3.05) is 0 Å². The van der Waals surface area contributed by atoms with Crippen molar-refractivity contribution < 1.29 is 27.8 Å². The van der Waals surface area contributed by atoms with Gasteiger partial charge in [-0.1, -0.05) is 64.5 Å². The molecule has 42 heavy (non-hydrogen) atoms. The van der Waals surface area contributed by atoms with Crippen LogP contribution in [-0.2, 0) is 19.1 Å². The van der Waals surface area contributed by atoms with Crippen LogP contribution >= 0.6 is 0 Å². The predicted octanol–water partition coefficient (Wildman–Crippen LogP) is 9.31. The normalized spacial score (nSPS) is 23.9. The highest BCUT2D eigenvalue weighted by molar-refractivity contribution is 5.75. The van der Waals surface area contributed by atoms with Gasteiger partial charge in [0, 0.05) is 0 Å². The lowest BCUT2D eigenvalue weighted by Crippen LogP contribution is -2.29. The topological polar surface area (TPSA) is 76.4 Å². The van der Waals surface area contributed by atoms with Crippen LogP contribution in [0.15, 0.2) is 18.2 Å². The summed E-state index contributed by atoms with van der Waals surface area (Å²) in [5.41, 5.74) is 2.83. The fourth-order valence-corrected chi connectivity index (χ4v) is 6.50. The van der Waals surface area contributed by atoms with Crippen LogP contribution in [0, 0.1) is 11.3 Å². The number of hydrogen-bond acceptors (Lipinski definition) is 5. The molecule has 0 saturated heterocycles. The molecule has 0 radical (unpaired) electrons. The quantitative estimate of drug-likeness (QED) is 0.142. The molecule has 0 spiro atoms. The van der Waals surface area contributed by atoms with Crippen molar-refractivity contribution in [3.8, 4) is 6.07 Å². The van der Waals surface area contributed by atoms with E-state index in [9.17, 15) is 23.6 Å². The summed E-state index contributed by atoms with van der Waals surface area (Å²) in [6.45, 7) is 4.20. The van der Waals surface area contributed by atoms with E-state index in [1.54, 1.807) is 0 Å². The fourth-order valence-electron chi connectivity index (χ4n) is 6.50. The Morgan fingerprint density at radius 2 is 1.24 bits per heavy atom. The molecule has 7 heteroatoms. The number of esters is 2. The van der Waals surface area contributed by atoms with E-state index < -0.39 is 24.3 Å². The molecular formula is C35H51F2NO4. The van der Waals surface area contributed by atoms with E-state index in [-0.39, 0.29) is 36.9 Å². The Morgan fingerprint density at radius 3 is 1.69 bits per heavy atom. The maximum atomic E-state index is 14.2. The first-order chi connectivity index (χ1) is 20.4. The minimum Gasteiger partial charge on any atom is -0.460 e. The Kier molecular flexibility index (Phi) is 14.8. The van der Waals surface area contributed by atoms with E-state index in [0.717, 1.165) is 75.3 Å². The number of alkyl halides is 2. The number of carbonyl (C=O) groups is 2. The molecule has 0 amide bonds. The first-order valence-corrected chi connectivity index (χ1v) is 16.6. The number of hydrogen-bond donors (Lipinski definition) is 0. The van der Waals surface area contributed by atoms with Crippen LogP contribution in [0.3, 0.4) is 0 Å². The molecule has 0 bridgehead atoms. The highest BCUT2D eigenvalue weighted by Gasteiger charge is 2.31. The van der Waals surface area contributed by atoms with Crippen LogP contribution in [0.5, 0.6) is 0 Å². The van der Waals surface area contributed by atoms with Gasteiger partial charge in [-0.25, -0.2) is 18.4 Å². The number of carbonyl (C=O) groups excluding carboxylic acids is 2. The van der Waals surface area contributed by atoms with Gasteiger partial charge in [0.2, 0.25) is 0 Å². The predicted molar refractivity (Wildman–Crippen MR) is 161 cm³/mol. The van der Waals surface area contributed by atoms with Crippen LogP contribution < -0.4 is 0 Å². The molecule has 1 aromatic carbocycles. The van der Waals surface area contributed by atoms with E-state index in [1.807, 2.05) is 6.07 Å². The molecule has 1 aromatic rings. The van der Waals surface area contributed by atoms with Crippen molar-refractivity contribution >= 4 is 11.9 Å². The lowest BCUT2D eigenvalue weighted by Gasteiger charge is -2.31. The molecule has 0 N–H and O–H groups in total. The molecule has 2 aliphatic rings. The van der Waals surface area contributed by atoms with Gasteiger partial charge in [0.1, 0.15) is 12.2 Å². The second-order valence-corrected chi connectivity index (χ2v) is 12.4. The number of rotatable bonds is 16. The van der Waals surface area contributed by atoms with Crippen molar-refractivity contribution in [1.82, 2.24) is 0 Å². The van der Waals surface area contributed by atoms with Crippen molar-refractivity contribution in [3.05, 3.63) is 34.9 Å². The van der Waals surface area contributed by atoms with E-state index in [0.29, 0.717) is 44.1 Å². The third kappa shape index (κ3) is 10.7. The molecule has 2 aliphatic carbocycles. The van der Waals surface area contributed by atoms with Crippen molar-refractivity contribution in [1.29, 1.82) is 5.26 Å². The van der Waals surface area contributed by atoms with Gasteiger partial charge in [0.25, 0.3) is 0 Å². The maximum absolute atomic E-state index is 14.2. The van der Waals surface area contributed by atoms with Crippen LogP contribution in [-0.4, -0.2) is 36.5 Å². The molecule has 2 unspecified atom stereocenters. The Bertz CT molecular complexity index is 1010. The molecule has 2 fully saturated rings. The smallest absolute Gasteiger partial charge is 0.340 e. The van der Waals surface area contributed by atoms with E-state index in [4.69, 9.17) is 9.47 Å². The standard InChI is InChI=1S/C35H51F2NO4/c1-3-5-7-9-11-32(36)34(39)41-29-18-13-25(14-19-29)27-17-22-31(28(23-27)24-38)26-15-20-30(21-16-26)42-35(40)33(37)12-10-8-6-4-2/h17,22-23,25-26,29-30,32-33H,3-16,18-21H2,1-2H3. The van der Waals surface area contributed by atoms with Crippen LogP contribution in [0.25, 0.3) is 0 Å². The maximum Gasteiger partial charge on any atom is 0.340 e. The number of ether oxygens (including phenoxy) is 2. The van der Waals surface area contributed by atoms with Crippen molar-refractivity contribution in [3.63, 3.8) is 0 Å². The zero-order valence-electron chi connectivity index (χ0n) is 25.8. The van der Waals surface area contributed by atoms with Gasteiger partial charge in [-0.2, -0.15) is 5.26 Å². The fraction of sp³-hybridized carbons (Fsp3) is 0.743. The number of unbranched alkanes of at least 4 members (excludes halogenated alkanes) is 6. The van der Waals surface area contributed by atoms with Gasteiger partial charge in [0.15, 0.2) is 12.3 Å². The first kappa shape index (κ1) is 34.0. The van der Waals surface area contributed by atoms with Gasteiger partial charge in [-0.15, -0.1) is 0 Å². The molecular weight excluding hydrogens is 536 g/mol. The molecule has 0 aliphatic heterocycles. The minimum atomic E-state index is -1.54. The summed E-state index contributed by atoms with van der Waals surface area (Å²) in [4.78, 5) is 24.4. The average Bonchev–Trinajstić information content (AvgIpc) is 3.01. The van der Waals surface area contributed by atoms with Gasteiger partial charge < -0.3 is 9.47 Å². The molecule has 2 saturated carbocycles. The van der Waals surface area contributed by atoms with Crippen molar-refractivity contribution in [2.45, 2.75) is 166 Å². The first-order valence-electron chi connectivity index (χ1n) is 16.6. The summed E-state index contributed by atoms with van der Waals surface area (Å²) in [6, 6.07) is 8.56. The largest absolute Gasteiger partial charge is 0.460 e. The minimum absolute atomic E-state index is 0.213. The van der Waals surface area contributed by atoms with E-state index >= 15 is 0 Å². The number of nitrogens with zero attached hydrogens (tertiary/aromatic N) is 1. The Labute approximate surface area is 251 Å². The lowest BCUT2D eigenvalue weighted by atomic mass is 9.78. The van der Waals surface area contributed by atoms with Gasteiger partial charge in [-0.3, -0.25) is 0 Å². The van der Waals surface area contributed by atoms with Gasteiger partial charge in [0.05, 0.1) is 11.6 Å². The third-order valence-electron chi connectivity index (χ3n) is 9.16. The molecule has 234 valence electrons. The summed E-state index contributed by atoms with van der Waals surface area (Å²) in [5, 5.41) is 9.94. The molecule has 0 aromatic heterocycles. The zero-order valence-corrected chi connectivity index (χ0v) is 25.8. The van der Waals surface area contributed by atoms with Gasteiger partial charge >= 0.3 is 11.9 Å². The zero-order chi connectivity index (χ0) is 30.3. The summed E-state index contributed by atoms with van der Waals surface area (Å²) >= 11 is 0. The lowest BCUT2D eigenvalue weighted by molar-refractivity contribution is -0.157. The van der Waals surface area contributed by atoms with Crippen molar-refractivity contribution in [2.24, 2.45) is 0 Å². The highest BCUT2D eigenvalue weighted by Crippen LogP contribution is 2.39. The van der Waals surface area contributed by atoms with Crippen LogP contribution in [0.4, 0.5) is 8.78 Å². The van der Waals surface area contributed by atoms with Gasteiger partial charge in [-0.05, 0) is 106 Å². The van der Waals surface area contributed by atoms with E-state index in [1.165, 1.54) is 0 Å². The monoisotopic (exact) mass is 587 g/mol. The van der Waals surface area contributed by atoms with E-state index in [2.05, 4.69) is 32.0 Å². The summed E-state index contributed by atoms with van der Waals surface area (Å²) < 4.78 is 39.4. The Morgan fingerprint density at radius 1 is 0.762 bits per heavy atom. The highest BCUT2D eigenvalue weighted by atomic mass is 19.1. The second-order valence-electron chi connectivity index (χ2n) is 12.4. The van der Waals surface area contributed by atoms with Crippen LogP contribution in [0.2, 0.25) is 0 Å². The second kappa shape index (κ2) is 18.2. The van der Waals surface area contributed by atoms with Crippen LogP contribution in [0.1, 0.15) is 158 Å². The Balaban J connectivity index is 1.44. The number of halogens is 2. The third-order valence-corrected chi connectivity index (χ3v) is 9.16. The SMILES string of the molecule is CCCCCCC(F)C(=O)OC1CCC(c2ccc(C3CCC(OC(=O)C(F)CCCCCC)CC3)c(C#N)c2)CC1. The number of nitriles is 1. The molecule has 5 nitrogen and oxygen atoms in total. The molecule has 3 rings (SSSR count). The molecule has 0 heterocycles. The Hall–Kier alpha value is -2.49. The summed E-state index contributed by atoms with van der Waals surface area (Å²) in [6.07, 6.45) is 10.4. The number of benzene rings is 1. The molecule has 2 atom stereocenters. The average molecular weight is 588 g/mol. The summed E-state index contributed by atoms with van der Waals surface area (Å²) in [5.74, 6) is -0.956. The summed E-state index contributed by atoms with van der Waals surface area (Å²) in [7, 11) is 0.